The lowest BCUT2D eigenvalue weighted by molar-refractivity contribution is -0.120. The van der Waals surface area contributed by atoms with Gasteiger partial charge in [-0.2, -0.15) is 5.26 Å². The molecule has 0 aliphatic rings. The number of nitrogens with one attached hydrogen (secondary N) is 1. The van der Waals surface area contributed by atoms with Crippen LogP contribution in [-0.4, -0.2) is 6.47 Å². The van der Waals surface area contributed by atoms with Crippen LogP contribution < -0.4 is 10.1 Å². The lowest BCUT2D eigenvalue weighted by Crippen LogP contribution is -2.10. The molecular formula is C20H23ClN2O2. The first-order valence-corrected chi connectivity index (χ1v) is 8.47. The van der Waals surface area contributed by atoms with E-state index in [2.05, 4.69) is 25.2 Å². The largest absolute Gasteiger partial charge is 0.428 e. The number of carbonyl (C=O) groups excluding carboxylic acids is 1. The van der Waals surface area contributed by atoms with Crippen molar-refractivity contribution in [3.05, 3.63) is 58.1 Å². The van der Waals surface area contributed by atoms with Crippen LogP contribution in [0.4, 0.5) is 5.69 Å². The molecule has 132 valence electrons. The predicted molar refractivity (Wildman–Crippen MR) is 102 cm³/mol. The van der Waals surface area contributed by atoms with E-state index in [-0.39, 0.29) is 0 Å². The molecule has 4 nitrogen and oxygen atoms in total. The van der Waals surface area contributed by atoms with Gasteiger partial charge in [0, 0.05) is 16.3 Å². The van der Waals surface area contributed by atoms with Crippen LogP contribution in [0.1, 0.15) is 43.0 Å². The molecule has 2 aromatic rings. The highest BCUT2D eigenvalue weighted by atomic mass is 35.5. The normalized spacial score (nSPS) is 10.7. The maximum Gasteiger partial charge on any atom is 0.298 e. The first-order chi connectivity index (χ1) is 12.0. The van der Waals surface area contributed by atoms with Crippen LogP contribution in [0.15, 0.2) is 36.4 Å². The zero-order valence-corrected chi connectivity index (χ0v) is 15.7. The van der Waals surface area contributed by atoms with Gasteiger partial charge in [0.2, 0.25) is 0 Å². The van der Waals surface area contributed by atoms with Crippen molar-refractivity contribution in [2.45, 2.75) is 40.2 Å². The third kappa shape index (κ3) is 6.13. The standard InChI is InChI=1S/C17H15ClN2O2.C3H8/c1-11-3-5-14(7-12(11)2)20-16(9-19)15-8-13(18)4-6-17(15)22-10-21;1-3-2/h3-8,10,16,20H,1-2H3;3H2,1-2H3. The first kappa shape index (κ1) is 20.5. The topological polar surface area (TPSA) is 62.1 Å². The number of hydrogen-bond donors (Lipinski definition) is 1. The molecule has 0 radical (unpaired) electrons. The summed E-state index contributed by atoms with van der Waals surface area (Å²) < 4.78 is 4.93. The molecule has 1 unspecified atom stereocenters. The Balaban J connectivity index is 0.000000970. The summed E-state index contributed by atoms with van der Waals surface area (Å²) >= 11 is 5.99. The van der Waals surface area contributed by atoms with Crippen LogP contribution in [0.2, 0.25) is 5.02 Å². The number of anilines is 1. The van der Waals surface area contributed by atoms with E-state index in [0.29, 0.717) is 22.8 Å². The number of nitriles is 1. The Morgan fingerprint density at radius 3 is 2.44 bits per heavy atom. The average molecular weight is 359 g/mol. The Hall–Kier alpha value is -2.51. The molecule has 1 atom stereocenters. The maximum absolute atomic E-state index is 10.6. The third-order valence-electron chi connectivity index (χ3n) is 3.40. The van der Waals surface area contributed by atoms with Crippen LogP contribution in [-0.2, 0) is 4.79 Å². The molecule has 0 heterocycles. The van der Waals surface area contributed by atoms with E-state index in [4.69, 9.17) is 16.3 Å². The minimum atomic E-state index is -0.684. The lowest BCUT2D eigenvalue weighted by atomic mass is 10.1. The van der Waals surface area contributed by atoms with Gasteiger partial charge in [-0.25, -0.2) is 0 Å². The van der Waals surface area contributed by atoms with Gasteiger partial charge in [0.05, 0.1) is 6.07 Å². The summed E-state index contributed by atoms with van der Waals surface area (Å²) in [4.78, 5) is 10.6. The monoisotopic (exact) mass is 358 g/mol. The fourth-order valence-electron chi connectivity index (χ4n) is 2.08. The van der Waals surface area contributed by atoms with Crippen LogP contribution in [0.3, 0.4) is 0 Å². The van der Waals surface area contributed by atoms with Crippen molar-refractivity contribution < 1.29 is 9.53 Å². The lowest BCUT2D eigenvalue weighted by Gasteiger charge is -2.17. The summed E-state index contributed by atoms with van der Waals surface area (Å²) in [5.41, 5.74) is 3.62. The predicted octanol–water partition coefficient (Wildman–Crippen LogP) is 5.59. The highest BCUT2D eigenvalue weighted by Crippen LogP contribution is 2.30. The highest BCUT2D eigenvalue weighted by Gasteiger charge is 2.17. The maximum atomic E-state index is 10.6. The number of halogens is 1. The van der Waals surface area contributed by atoms with Crippen LogP contribution in [0, 0.1) is 25.2 Å². The van der Waals surface area contributed by atoms with Gasteiger partial charge in [-0.05, 0) is 55.3 Å². The van der Waals surface area contributed by atoms with Crippen LogP contribution >= 0.6 is 11.6 Å². The minimum absolute atomic E-state index is 0.308. The fourth-order valence-corrected chi connectivity index (χ4v) is 2.26. The van der Waals surface area contributed by atoms with E-state index in [1.54, 1.807) is 18.2 Å². The second-order valence-electron chi connectivity index (χ2n) is 5.61. The summed E-state index contributed by atoms with van der Waals surface area (Å²) in [7, 11) is 0. The van der Waals surface area contributed by atoms with E-state index in [9.17, 15) is 10.1 Å². The molecule has 2 rings (SSSR count). The second kappa shape index (κ2) is 10.4. The average Bonchev–Trinajstić information content (AvgIpc) is 2.58. The molecule has 0 aliphatic heterocycles. The van der Waals surface area contributed by atoms with Crippen molar-refractivity contribution in [3.63, 3.8) is 0 Å². The SMILES string of the molecule is CCC.Cc1ccc(NC(C#N)c2cc(Cl)ccc2OC=O)cc1C. The minimum Gasteiger partial charge on any atom is -0.428 e. The number of nitrogens with zero attached hydrogens (tertiary/aromatic N) is 1. The summed E-state index contributed by atoms with van der Waals surface area (Å²) in [6, 6.07) is 12.1. The fraction of sp³-hybridized carbons (Fsp3) is 0.300. The van der Waals surface area contributed by atoms with Gasteiger partial charge in [0.25, 0.3) is 6.47 Å². The molecule has 5 heteroatoms. The van der Waals surface area contributed by atoms with Gasteiger partial charge >= 0.3 is 0 Å². The van der Waals surface area contributed by atoms with E-state index < -0.39 is 6.04 Å². The number of ether oxygens (including phenoxy) is 1. The van der Waals surface area contributed by atoms with Crippen molar-refractivity contribution in [3.8, 4) is 11.8 Å². The number of benzene rings is 2. The molecule has 0 amide bonds. The Labute approximate surface area is 154 Å². The van der Waals surface area contributed by atoms with Crippen molar-refractivity contribution in [1.82, 2.24) is 0 Å². The summed E-state index contributed by atoms with van der Waals surface area (Å²) in [6.45, 7) is 8.60. The molecule has 0 fully saturated rings. The van der Waals surface area contributed by atoms with Gasteiger partial charge < -0.3 is 10.1 Å². The summed E-state index contributed by atoms with van der Waals surface area (Å²) in [5, 5.41) is 13.0. The number of rotatable bonds is 5. The second-order valence-corrected chi connectivity index (χ2v) is 6.05. The van der Waals surface area contributed by atoms with Crippen molar-refractivity contribution in [2.24, 2.45) is 0 Å². The molecular weight excluding hydrogens is 336 g/mol. The first-order valence-electron chi connectivity index (χ1n) is 8.09. The van der Waals surface area contributed by atoms with Crippen LogP contribution in [0.25, 0.3) is 0 Å². The van der Waals surface area contributed by atoms with Gasteiger partial charge in [0.1, 0.15) is 11.8 Å². The third-order valence-corrected chi connectivity index (χ3v) is 3.64. The van der Waals surface area contributed by atoms with E-state index in [1.165, 1.54) is 12.0 Å². The molecule has 1 N–H and O–H groups in total. The quantitative estimate of drug-likeness (QED) is 0.708. The van der Waals surface area contributed by atoms with Crippen molar-refractivity contribution in [2.75, 3.05) is 5.32 Å². The highest BCUT2D eigenvalue weighted by molar-refractivity contribution is 6.30. The zero-order chi connectivity index (χ0) is 18.8. The molecule has 0 bridgehead atoms. The number of carbonyl (C=O) groups is 1. The summed E-state index contributed by atoms with van der Waals surface area (Å²) in [5.74, 6) is 0.308. The van der Waals surface area contributed by atoms with E-state index >= 15 is 0 Å². The molecule has 0 aliphatic carbocycles. The van der Waals surface area contributed by atoms with Gasteiger partial charge in [-0.15, -0.1) is 0 Å². The van der Waals surface area contributed by atoms with Crippen molar-refractivity contribution in [1.29, 1.82) is 5.26 Å². The Kier molecular flexibility index (Phi) is 8.52. The number of hydrogen-bond acceptors (Lipinski definition) is 4. The van der Waals surface area contributed by atoms with Gasteiger partial charge in [-0.1, -0.05) is 37.9 Å². The molecule has 0 saturated carbocycles. The molecule has 0 saturated heterocycles. The Bertz CT molecular complexity index is 754. The van der Waals surface area contributed by atoms with Gasteiger partial charge in [0.15, 0.2) is 0 Å². The molecule has 25 heavy (non-hydrogen) atoms. The van der Waals surface area contributed by atoms with E-state index in [1.807, 2.05) is 32.0 Å². The van der Waals surface area contributed by atoms with E-state index in [0.717, 1.165) is 11.3 Å². The van der Waals surface area contributed by atoms with Crippen molar-refractivity contribution >= 4 is 23.8 Å². The van der Waals surface area contributed by atoms with Gasteiger partial charge in [-0.3, -0.25) is 4.79 Å². The molecule has 0 aromatic heterocycles. The smallest absolute Gasteiger partial charge is 0.298 e. The van der Waals surface area contributed by atoms with Crippen LogP contribution in [0.5, 0.6) is 5.75 Å². The molecule has 2 aromatic carbocycles. The Morgan fingerprint density at radius 2 is 1.88 bits per heavy atom. The summed E-state index contributed by atoms with van der Waals surface area (Å²) in [6.07, 6.45) is 1.25. The number of aryl methyl sites for hydroxylation is 2. The Morgan fingerprint density at radius 1 is 1.20 bits per heavy atom. The zero-order valence-electron chi connectivity index (χ0n) is 15.0. The molecule has 0 spiro atoms.